The Morgan fingerprint density at radius 1 is 1.14 bits per heavy atom. The fourth-order valence-corrected chi connectivity index (χ4v) is 3.12. The van der Waals surface area contributed by atoms with Gasteiger partial charge in [-0.2, -0.15) is 0 Å². The summed E-state index contributed by atoms with van der Waals surface area (Å²) in [7, 11) is 3.18. The number of guanidine groups is 1. The molecule has 0 spiro atoms. The molecule has 8 heteroatoms. The molecule has 0 aliphatic heterocycles. The Bertz CT molecular complexity index is 828. The number of hydrogen-bond donors (Lipinski definition) is 2. The van der Waals surface area contributed by atoms with Crippen molar-refractivity contribution in [1.29, 1.82) is 0 Å². The second kappa shape index (κ2) is 9.90. The second-order valence-corrected chi connectivity index (χ2v) is 6.43. The average molecular weight is 503 g/mol. The van der Waals surface area contributed by atoms with Crippen molar-refractivity contribution in [3.63, 3.8) is 0 Å². The van der Waals surface area contributed by atoms with E-state index in [-0.39, 0.29) is 47.5 Å². The summed E-state index contributed by atoms with van der Waals surface area (Å²) < 4.78 is 38.1. The fraction of sp³-hybridized carbons (Fsp3) is 0.350. The first-order valence-corrected chi connectivity index (χ1v) is 8.74. The maximum absolute atomic E-state index is 13.8. The molecule has 28 heavy (non-hydrogen) atoms. The highest BCUT2D eigenvalue weighted by Gasteiger charge is 2.42. The van der Waals surface area contributed by atoms with Gasteiger partial charge in [0.1, 0.15) is 11.6 Å². The number of nitrogens with zero attached hydrogens (tertiary/aromatic N) is 1. The van der Waals surface area contributed by atoms with Crippen LogP contribution in [-0.2, 0) is 6.42 Å². The summed E-state index contributed by atoms with van der Waals surface area (Å²) in [5.41, 5.74) is 7.07. The van der Waals surface area contributed by atoms with Crippen LogP contribution in [0.4, 0.5) is 8.78 Å². The second-order valence-electron chi connectivity index (χ2n) is 6.43. The van der Waals surface area contributed by atoms with Gasteiger partial charge in [-0.05, 0) is 42.7 Å². The average Bonchev–Trinajstić information content (AvgIpc) is 3.39. The van der Waals surface area contributed by atoms with Gasteiger partial charge in [0.25, 0.3) is 0 Å². The van der Waals surface area contributed by atoms with Gasteiger partial charge in [-0.1, -0.05) is 12.1 Å². The standard InChI is InChI=1S/C20H23F2N3O2.HI/c1-26-17-7-6-12(10-18(17)27-2)8-9-24-20(23)25-16-11-13(16)19-14(21)4-3-5-15(19)22;/h3-7,10,13,16H,8-9,11H2,1-2H3,(H3,23,24,25);1H. The summed E-state index contributed by atoms with van der Waals surface area (Å²) in [6.45, 7) is 0.486. The minimum Gasteiger partial charge on any atom is -0.493 e. The van der Waals surface area contributed by atoms with Crippen molar-refractivity contribution in [3.05, 3.63) is 59.2 Å². The Kier molecular flexibility index (Phi) is 7.85. The van der Waals surface area contributed by atoms with Crippen LogP contribution < -0.4 is 20.5 Å². The van der Waals surface area contributed by atoms with E-state index in [1.165, 1.54) is 18.2 Å². The molecule has 2 aromatic carbocycles. The van der Waals surface area contributed by atoms with Crippen molar-refractivity contribution < 1.29 is 18.3 Å². The number of hydrogen-bond acceptors (Lipinski definition) is 3. The summed E-state index contributed by atoms with van der Waals surface area (Å²) in [5, 5.41) is 3.03. The molecule has 0 radical (unpaired) electrons. The molecule has 152 valence electrons. The van der Waals surface area contributed by atoms with E-state index in [4.69, 9.17) is 15.2 Å². The van der Waals surface area contributed by atoms with E-state index in [0.29, 0.717) is 30.9 Å². The first kappa shape index (κ1) is 22.2. The van der Waals surface area contributed by atoms with Crippen LogP contribution >= 0.6 is 24.0 Å². The maximum atomic E-state index is 13.8. The fourth-order valence-electron chi connectivity index (χ4n) is 3.12. The number of nitrogens with one attached hydrogen (secondary N) is 1. The highest BCUT2D eigenvalue weighted by Crippen LogP contribution is 2.42. The molecule has 2 unspecified atom stereocenters. The van der Waals surface area contributed by atoms with Crippen LogP contribution in [0.15, 0.2) is 41.4 Å². The summed E-state index contributed by atoms with van der Waals surface area (Å²) in [6, 6.07) is 9.50. The zero-order valence-corrected chi connectivity index (χ0v) is 18.1. The number of nitrogens with two attached hydrogens (primary N) is 1. The van der Waals surface area contributed by atoms with E-state index in [1.807, 2.05) is 18.2 Å². The van der Waals surface area contributed by atoms with E-state index < -0.39 is 11.6 Å². The number of ether oxygens (including phenoxy) is 2. The van der Waals surface area contributed by atoms with E-state index in [2.05, 4.69) is 10.3 Å². The van der Waals surface area contributed by atoms with Crippen LogP contribution in [0.5, 0.6) is 11.5 Å². The van der Waals surface area contributed by atoms with Crippen LogP contribution in [0.1, 0.15) is 23.5 Å². The molecule has 1 aliphatic carbocycles. The van der Waals surface area contributed by atoms with E-state index >= 15 is 0 Å². The largest absolute Gasteiger partial charge is 0.493 e. The first-order chi connectivity index (χ1) is 13.0. The zero-order valence-electron chi connectivity index (χ0n) is 15.7. The Hall–Kier alpha value is -2.10. The third-order valence-corrected chi connectivity index (χ3v) is 4.62. The molecule has 0 amide bonds. The van der Waals surface area contributed by atoms with Crippen molar-refractivity contribution in [2.75, 3.05) is 20.8 Å². The van der Waals surface area contributed by atoms with Crippen molar-refractivity contribution >= 4 is 29.9 Å². The maximum Gasteiger partial charge on any atom is 0.188 e. The van der Waals surface area contributed by atoms with Crippen LogP contribution in [0.25, 0.3) is 0 Å². The first-order valence-electron chi connectivity index (χ1n) is 8.74. The summed E-state index contributed by atoms with van der Waals surface area (Å²) in [6.07, 6.45) is 1.31. The Balaban J connectivity index is 0.00000280. The quantitative estimate of drug-likeness (QED) is 0.344. The predicted molar refractivity (Wildman–Crippen MR) is 116 cm³/mol. The van der Waals surface area contributed by atoms with Gasteiger partial charge >= 0.3 is 0 Å². The lowest BCUT2D eigenvalue weighted by molar-refractivity contribution is 0.354. The third-order valence-electron chi connectivity index (χ3n) is 4.62. The smallest absolute Gasteiger partial charge is 0.188 e. The number of benzene rings is 2. The van der Waals surface area contributed by atoms with Gasteiger partial charge in [-0.3, -0.25) is 4.99 Å². The zero-order chi connectivity index (χ0) is 19.4. The molecule has 1 saturated carbocycles. The minimum atomic E-state index is -0.520. The lowest BCUT2D eigenvalue weighted by Crippen LogP contribution is -2.34. The van der Waals surface area contributed by atoms with E-state index in [0.717, 1.165) is 5.56 Å². The molecule has 5 nitrogen and oxygen atoms in total. The molecule has 1 aliphatic rings. The molecule has 0 saturated heterocycles. The van der Waals surface area contributed by atoms with Gasteiger partial charge in [0.2, 0.25) is 0 Å². The van der Waals surface area contributed by atoms with Crippen LogP contribution in [-0.4, -0.2) is 32.8 Å². The molecule has 0 aromatic heterocycles. The van der Waals surface area contributed by atoms with Crippen LogP contribution in [0.2, 0.25) is 0 Å². The topological polar surface area (TPSA) is 68.9 Å². The molecule has 1 fully saturated rings. The third kappa shape index (κ3) is 5.24. The molecule has 3 rings (SSSR count). The van der Waals surface area contributed by atoms with Gasteiger partial charge in [-0.25, -0.2) is 8.78 Å². The number of methoxy groups -OCH3 is 2. The minimum absolute atomic E-state index is 0. The molecule has 2 aromatic rings. The van der Waals surface area contributed by atoms with E-state index in [1.54, 1.807) is 14.2 Å². The molecule has 3 N–H and O–H groups in total. The molecule has 0 bridgehead atoms. The lowest BCUT2D eigenvalue weighted by Gasteiger charge is -2.09. The van der Waals surface area contributed by atoms with Gasteiger partial charge in [-0.15, -0.1) is 24.0 Å². The highest BCUT2D eigenvalue weighted by molar-refractivity contribution is 14.0. The number of rotatable bonds is 7. The van der Waals surface area contributed by atoms with Crippen LogP contribution in [0, 0.1) is 11.6 Å². The van der Waals surface area contributed by atoms with Crippen molar-refractivity contribution in [3.8, 4) is 11.5 Å². The van der Waals surface area contributed by atoms with Gasteiger partial charge in [0, 0.05) is 24.1 Å². The summed E-state index contributed by atoms with van der Waals surface area (Å²) in [5.74, 6) is 0.357. The molecule has 0 heterocycles. The normalized spacial score (nSPS) is 18.2. The predicted octanol–water partition coefficient (Wildman–Crippen LogP) is 3.60. The van der Waals surface area contributed by atoms with Gasteiger partial charge in [0.15, 0.2) is 17.5 Å². The monoisotopic (exact) mass is 503 g/mol. The Morgan fingerprint density at radius 3 is 2.46 bits per heavy atom. The SMILES string of the molecule is COc1ccc(CCN=C(N)NC2CC2c2c(F)cccc2F)cc1OC.I. The van der Waals surface area contributed by atoms with Crippen molar-refractivity contribution in [1.82, 2.24) is 5.32 Å². The van der Waals surface area contributed by atoms with Crippen molar-refractivity contribution in [2.24, 2.45) is 10.7 Å². The van der Waals surface area contributed by atoms with Crippen molar-refractivity contribution in [2.45, 2.75) is 24.8 Å². The van der Waals surface area contributed by atoms with Crippen LogP contribution in [0.3, 0.4) is 0 Å². The number of aliphatic imine (C=N–C) groups is 1. The van der Waals surface area contributed by atoms with Gasteiger partial charge < -0.3 is 20.5 Å². The molecule has 2 atom stereocenters. The van der Waals surface area contributed by atoms with Gasteiger partial charge in [0.05, 0.1) is 14.2 Å². The summed E-state index contributed by atoms with van der Waals surface area (Å²) >= 11 is 0. The number of halogens is 3. The van der Waals surface area contributed by atoms with E-state index in [9.17, 15) is 8.78 Å². The summed E-state index contributed by atoms with van der Waals surface area (Å²) in [4.78, 5) is 4.29. The lowest BCUT2D eigenvalue weighted by atomic mass is 10.1. The molecular formula is C20H24F2IN3O2. The Morgan fingerprint density at radius 2 is 1.82 bits per heavy atom. The Labute approximate surface area is 180 Å². The highest BCUT2D eigenvalue weighted by atomic mass is 127. The molecular weight excluding hydrogens is 479 g/mol.